The standard InChI is InChI=1S/C13H18N2O2/c1-2-12(8-9-14)15-13(16)17-10-11-6-4-3-5-7-11/h2-7,12H,1,8-10,14H2,(H,15,16). The van der Waals surface area contributed by atoms with Crippen LogP contribution in [-0.4, -0.2) is 18.7 Å². The van der Waals surface area contributed by atoms with E-state index in [9.17, 15) is 4.79 Å². The first kappa shape index (κ1) is 13.3. The van der Waals surface area contributed by atoms with Crippen molar-refractivity contribution in [2.45, 2.75) is 19.1 Å². The number of alkyl carbamates (subject to hydrolysis) is 1. The van der Waals surface area contributed by atoms with E-state index in [-0.39, 0.29) is 12.6 Å². The summed E-state index contributed by atoms with van der Waals surface area (Å²) in [5.41, 5.74) is 6.36. The fourth-order valence-electron chi connectivity index (χ4n) is 1.34. The van der Waals surface area contributed by atoms with E-state index in [1.165, 1.54) is 0 Å². The summed E-state index contributed by atoms with van der Waals surface area (Å²) in [5, 5.41) is 2.68. The predicted molar refractivity (Wildman–Crippen MR) is 67.4 cm³/mol. The maximum atomic E-state index is 11.4. The van der Waals surface area contributed by atoms with Gasteiger partial charge in [-0.05, 0) is 18.5 Å². The van der Waals surface area contributed by atoms with Crippen molar-refractivity contribution in [1.29, 1.82) is 0 Å². The molecule has 0 aliphatic heterocycles. The van der Waals surface area contributed by atoms with Crippen molar-refractivity contribution in [2.24, 2.45) is 5.73 Å². The Morgan fingerprint density at radius 2 is 2.18 bits per heavy atom. The Bertz CT molecular complexity index is 352. The third-order valence-corrected chi connectivity index (χ3v) is 2.28. The van der Waals surface area contributed by atoms with Gasteiger partial charge in [0.1, 0.15) is 6.61 Å². The summed E-state index contributed by atoms with van der Waals surface area (Å²) in [6, 6.07) is 9.38. The summed E-state index contributed by atoms with van der Waals surface area (Å²) < 4.78 is 5.07. The minimum atomic E-state index is -0.452. The second-order valence-corrected chi connectivity index (χ2v) is 3.63. The Morgan fingerprint density at radius 1 is 1.47 bits per heavy atom. The number of nitrogens with two attached hydrogens (primary N) is 1. The molecule has 92 valence electrons. The van der Waals surface area contributed by atoms with Crippen molar-refractivity contribution < 1.29 is 9.53 Å². The van der Waals surface area contributed by atoms with Crippen LogP contribution in [0.4, 0.5) is 4.79 Å². The van der Waals surface area contributed by atoms with E-state index < -0.39 is 6.09 Å². The molecular formula is C13H18N2O2. The molecule has 1 atom stereocenters. The van der Waals surface area contributed by atoms with Crippen molar-refractivity contribution in [2.75, 3.05) is 6.54 Å². The molecule has 1 aromatic rings. The second-order valence-electron chi connectivity index (χ2n) is 3.63. The highest BCUT2D eigenvalue weighted by molar-refractivity contribution is 5.67. The summed E-state index contributed by atoms with van der Waals surface area (Å²) in [5.74, 6) is 0. The smallest absolute Gasteiger partial charge is 0.407 e. The lowest BCUT2D eigenvalue weighted by atomic mass is 10.2. The zero-order chi connectivity index (χ0) is 12.5. The van der Waals surface area contributed by atoms with Crippen LogP contribution in [0.3, 0.4) is 0 Å². The van der Waals surface area contributed by atoms with Gasteiger partial charge in [-0.15, -0.1) is 6.58 Å². The third-order valence-electron chi connectivity index (χ3n) is 2.28. The van der Waals surface area contributed by atoms with E-state index in [4.69, 9.17) is 10.5 Å². The predicted octanol–water partition coefficient (Wildman–Crippen LogP) is 1.82. The number of rotatable bonds is 6. The van der Waals surface area contributed by atoms with E-state index >= 15 is 0 Å². The van der Waals surface area contributed by atoms with Gasteiger partial charge in [-0.2, -0.15) is 0 Å². The Labute approximate surface area is 101 Å². The molecular weight excluding hydrogens is 216 g/mol. The number of ether oxygens (including phenoxy) is 1. The average Bonchev–Trinajstić information content (AvgIpc) is 2.37. The maximum absolute atomic E-state index is 11.4. The van der Waals surface area contributed by atoms with Crippen LogP contribution in [0, 0.1) is 0 Å². The van der Waals surface area contributed by atoms with E-state index in [0.717, 1.165) is 5.56 Å². The number of nitrogens with one attached hydrogen (secondary N) is 1. The SMILES string of the molecule is C=CC(CCN)NC(=O)OCc1ccccc1. The molecule has 4 heteroatoms. The lowest BCUT2D eigenvalue weighted by Gasteiger charge is -2.13. The average molecular weight is 234 g/mol. The van der Waals surface area contributed by atoms with E-state index in [1.54, 1.807) is 6.08 Å². The largest absolute Gasteiger partial charge is 0.445 e. The van der Waals surface area contributed by atoms with Crippen molar-refractivity contribution in [1.82, 2.24) is 5.32 Å². The molecule has 0 aliphatic rings. The molecule has 3 N–H and O–H groups in total. The summed E-state index contributed by atoms with van der Waals surface area (Å²) >= 11 is 0. The number of hydrogen-bond acceptors (Lipinski definition) is 3. The van der Waals surface area contributed by atoms with Gasteiger partial charge in [0.15, 0.2) is 0 Å². The molecule has 0 aliphatic carbocycles. The van der Waals surface area contributed by atoms with Gasteiger partial charge >= 0.3 is 6.09 Å². The maximum Gasteiger partial charge on any atom is 0.407 e. The lowest BCUT2D eigenvalue weighted by molar-refractivity contribution is 0.137. The fraction of sp³-hybridized carbons (Fsp3) is 0.308. The van der Waals surface area contributed by atoms with E-state index in [2.05, 4.69) is 11.9 Å². The summed E-state index contributed by atoms with van der Waals surface area (Å²) in [4.78, 5) is 11.4. The van der Waals surface area contributed by atoms with Crippen LogP contribution in [-0.2, 0) is 11.3 Å². The first-order chi connectivity index (χ1) is 8.26. The molecule has 0 aromatic heterocycles. The highest BCUT2D eigenvalue weighted by Crippen LogP contribution is 2.01. The summed E-state index contributed by atoms with van der Waals surface area (Å²) in [7, 11) is 0. The van der Waals surface area contributed by atoms with Gasteiger partial charge in [0.2, 0.25) is 0 Å². The molecule has 0 bridgehead atoms. The highest BCUT2D eigenvalue weighted by Gasteiger charge is 2.08. The Hall–Kier alpha value is -1.81. The second kappa shape index (κ2) is 7.46. The molecule has 1 rings (SSSR count). The van der Waals surface area contributed by atoms with Gasteiger partial charge in [0.25, 0.3) is 0 Å². The molecule has 1 unspecified atom stereocenters. The van der Waals surface area contributed by atoms with Gasteiger partial charge in [-0.1, -0.05) is 36.4 Å². The van der Waals surface area contributed by atoms with Crippen molar-refractivity contribution >= 4 is 6.09 Å². The fourth-order valence-corrected chi connectivity index (χ4v) is 1.34. The molecule has 1 aromatic carbocycles. The highest BCUT2D eigenvalue weighted by atomic mass is 16.5. The van der Waals surface area contributed by atoms with Crippen molar-refractivity contribution in [3.05, 3.63) is 48.6 Å². The van der Waals surface area contributed by atoms with Gasteiger partial charge < -0.3 is 15.8 Å². The topological polar surface area (TPSA) is 64.3 Å². The molecule has 1 amide bonds. The van der Waals surface area contributed by atoms with Crippen LogP contribution < -0.4 is 11.1 Å². The van der Waals surface area contributed by atoms with Crippen LogP contribution in [0.2, 0.25) is 0 Å². The number of carbonyl (C=O) groups excluding carboxylic acids is 1. The summed E-state index contributed by atoms with van der Waals surface area (Å²) in [6.45, 7) is 4.38. The molecule has 17 heavy (non-hydrogen) atoms. The third kappa shape index (κ3) is 5.17. The van der Waals surface area contributed by atoms with Gasteiger partial charge in [-0.25, -0.2) is 4.79 Å². The molecule has 0 radical (unpaired) electrons. The number of benzene rings is 1. The van der Waals surface area contributed by atoms with Crippen molar-refractivity contribution in [3.8, 4) is 0 Å². The van der Waals surface area contributed by atoms with Crippen molar-refractivity contribution in [3.63, 3.8) is 0 Å². The quantitative estimate of drug-likeness (QED) is 0.738. The molecule has 4 nitrogen and oxygen atoms in total. The molecule has 0 fully saturated rings. The number of amides is 1. The zero-order valence-electron chi connectivity index (χ0n) is 9.76. The van der Waals surface area contributed by atoms with Crippen LogP contribution in [0.1, 0.15) is 12.0 Å². The van der Waals surface area contributed by atoms with Crippen LogP contribution in [0.15, 0.2) is 43.0 Å². The van der Waals surface area contributed by atoms with Crippen LogP contribution in [0.5, 0.6) is 0 Å². The van der Waals surface area contributed by atoms with Gasteiger partial charge in [-0.3, -0.25) is 0 Å². The molecule has 0 spiro atoms. The molecule has 0 saturated heterocycles. The van der Waals surface area contributed by atoms with Gasteiger partial charge in [0.05, 0.1) is 6.04 Å². The van der Waals surface area contributed by atoms with Crippen LogP contribution >= 0.6 is 0 Å². The molecule has 0 heterocycles. The van der Waals surface area contributed by atoms with E-state index in [1.807, 2.05) is 30.3 Å². The zero-order valence-corrected chi connectivity index (χ0v) is 9.76. The Balaban J connectivity index is 2.32. The van der Waals surface area contributed by atoms with Gasteiger partial charge in [0, 0.05) is 0 Å². The summed E-state index contributed by atoms with van der Waals surface area (Å²) in [6.07, 6.45) is 1.85. The molecule has 0 saturated carbocycles. The first-order valence-corrected chi connectivity index (χ1v) is 5.56. The monoisotopic (exact) mass is 234 g/mol. The normalized spacial score (nSPS) is 11.6. The number of carbonyl (C=O) groups is 1. The Kier molecular flexibility index (Phi) is 5.82. The minimum Gasteiger partial charge on any atom is -0.445 e. The first-order valence-electron chi connectivity index (χ1n) is 5.56. The Morgan fingerprint density at radius 3 is 2.76 bits per heavy atom. The van der Waals surface area contributed by atoms with E-state index in [0.29, 0.717) is 13.0 Å². The number of hydrogen-bond donors (Lipinski definition) is 2. The van der Waals surface area contributed by atoms with Crippen LogP contribution in [0.25, 0.3) is 0 Å². The lowest BCUT2D eigenvalue weighted by Crippen LogP contribution is -2.35. The minimum absolute atomic E-state index is 0.136.